The molecule has 2 aromatic carbocycles. The molecule has 0 saturated carbocycles. The van der Waals surface area contributed by atoms with E-state index < -0.39 is 16.1 Å². The molecule has 3 rings (SSSR count). The van der Waals surface area contributed by atoms with Crippen LogP contribution in [0, 0.1) is 12.7 Å². The van der Waals surface area contributed by atoms with Crippen molar-refractivity contribution in [1.82, 2.24) is 10.0 Å². The van der Waals surface area contributed by atoms with Crippen molar-refractivity contribution < 1.29 is 17.6 Å². The lowest BCUT2D eigenvalue weighted by Crippen LogP contribution is -2.53. The summed E-state index contributed by atoms with van der Waals surface area (Å²) in [6.07, 6.45) is 1.64. The molecule has 29 heavy (non-hydrogen) atoms. The number of halogens is 1. The number of piperidine rings is 1. The van der Waals surface area contributed by atoms with E-state index >= 15 is 0 Å². The van der Waals surface area contributed by atoms with Gasteiger partial charge in [-0.1, -0.05) is 23.8 Å². The summed E-state index contributed by atoms with van der Waals surface area (Å²) < 4.78 is 40.9. The van der Waals surface area contributed by atoms with Gasteiger partial charge in [-0.05, 0) is 57.0 Å². The molecule has 1 unspecified atom stereocenters. The average molecular weight is 420 g/mol. The zero-order chi connectivity index (χ0) is 21.0. The van der Waals surface area contributed by atoms with Crippen LogP contribution < -0.4 is 14.9 Å². The predicted molar refractivity (Wildman–Crippen MR) is 111 cm³/mol. The van der Waals surface area contributed by atoms with Gasteiger partial charge >= 0.3 is 0 Å². The lowest BCUT2D eigenvalue weighted by Gasteiger charge is -2.35. The molecular formula is C21H26FN3O3S. The van der Waals surface area contributed by atoms with E-state index in [-0.39, 0.29) is 22.7 Å². The molecule has 1 amide bonds. The molecule has 2 N–H and O–H groups in total. The van der Waals surface area contributed by atoms with Crippen LogP contribution >= 0.6 is 0 Å². The van der Waals surface area contributed by atoms with Crippen LogP contribution in [0.4, 0.5) is 10.1 Å². The van der Waals surface area contributed by atoms with Gasteiger partial charge in [-0.25, -0.2) is 12.8 Å². The standard InChI is InChI=1S/C21H26FN3O3S/c1-15-8-10-20(11-9-15)29(27,28)24-16(2)21(26)23-18-6-4-12-25(14-18)19-7-3-5-17(22)13-19/h3,5,7-11,13,16,18,24H,4,6,12,14H2,1-2H3,(H,23,26)/t16-,18?/m0/s1. The molecule has 2 atom stereocenters. The Morgan fingerprint density at radius 3 is 2.62 bits per heavy atom. The first-order chi connectivity index (χ1) is 13.7. The second-order valence-electron chi connectivity index (χ2n) is 7.43. The molecule has 0 aromatic heterocycles. The van der Waals surface area contributed by atoms with Gasteiger partial charge in [-0.2, -0.15) is 4.72 Å². The van der Waals surface area contributed by atoms with E-state index in [1.54, 1.807) is 18.2 Å². The molecule has 0 bridgehead atoms. The number of hydrogen-bond acceptors (Lipinski definition) is 4. The number of nitrogens with one attached hydrogen (secondary N) is 2. The van der Waals surface area contributed by atoms with E-state index in [9.17, 15) is 17.6 Å². The van der Waals surface area contributed by atoms with Crippen LogP contribution in [-0.4, -0.2) is 39.5 Å². The topological polar surface area (TPSA) is 78.5 Å². The van der Waals surface area contributed by atoms with Crippen molar-refractivity contribution in [3.05, 3.63) is 59.9 Å². The number of anilines is 1. The molecule has 1 aliphatic rings. The minimum Gasteiger partial charge on any atom is -0.369 e. The maximum atomic E-state index is 13.5. The molecule has 1 heterocycles. The van der Waals surface area contributed by atoms with Crippen molar-refractivity contribution in [3.63, 3.8) is 0 Å². The van der Waals surface area contributed by atoms with Gasteiger partial charge in [0.25, 0.3) is 0 Å². The second kappa shape index (κ2) is 8.92. The van der Waals surface area contributed by atoms with Crippen molar-refractivity contribution in [2.24, 2.45) is 0 Å². The Labute approximate surface area is 171 Å². The van der Waals surface area contributed by atoms with Gasteiger partial charge < -0.3 is 10.2 Å². The number of amides is 1. The maximum Gasteiger partial charge on any atom is 0.241 e. The maximum absolute atomic E-state index is 13.5. The zero-order valence-corrected chi connectivity index (χ0v) is 17.4. The average Bonchev–Trinajstić information content (AvgIpc) is 2.68. The van der Waals surface area contributed by atoms with Gasteiger partial charge in [0.05, 0.1) is 10.9 Å². The van der Waals surface area contributed by atoms with Crippen LogP contribution in [-0.2, 0) is 14.8 Å². The smallest absolute Gasteiger partial charge is 0.241 e. The quantitative estimate of drug-likeness (QED) is 0.754. The third kappa shape index (κ3) is 5.55. The summed E-state index contributed by atoms with van der Waals surface area (Å²) in [5.41, 5.74) is 1.73. The molecule has 6 nitrogen and oxygen atoms in total. The number of carbonyl (C=O) groups excluding carboxylic acids is 1. The number of sulfonamides is 1. The Balaban J connectivity index is 1.59. The predicted octanol–water partition coefficient (Wildman–Crippen LogP) is 2.59. The summed E-state index contributed by atoms with van der Waals surface area (Å²) in [4.78, 5) is 14.7. The minimum atomic E-state index is -3.78. The van der Waals surface area contributed by atoms with Crippen LogP contribution in [0.2, 0.25) is 0 Å². The molecule has 1 aliphatic heterocycles. The summed E-state index contributed by atoms with van der Waals surface area (Å²) in [6.45, 7) is 4.73. The highest BCUT2D eigenvalue weighted by atomic mass is 32.2. The highest BCUT2D eigenvalue weighted by Crippen LogP contribution is 2.21. The highest BCUT2D eigenvalue weighted by molar-refractivity contribution is 7.89. The normalized spacial score (nSPS) is 18.3. The number of rotatable bonds is 6. The summed E-state index contributed by atoms with van der Waals surface area (Å²) in [7, 11) is -3.78. The molecule has 1 fully saturated rings. The third-order valence-electron chi connectivity index (χ3n) is 5.00. The van der Waals surface area contributed by atoms with Crippen molar-refractivity contribution in [2.45, 2.75) is 43.7 Å². The molecule has 0 radical (unpaired) electrons. The van der Waals surface area contributed by atoms with Crippen LogP contribution in [0.25, 0.3) is 0 Å². The summed E-state index contributed by atoms with van der Waals surface area (Å²) in [5, 5.41) is 2.91. The fourth-order valence-corrected chi connectivity index (χ4v) is 4.60. The van der Waals surface area contributed by atoms with E-state index in [1.807, 2.05) is 17.9 Å². The molecule has 0 aliphatic carbocycles. The van der Waals surface area contributed by atoms with Crippen LogP contribution in [0.5, 0.6) is 0 Å². The Kier molecular flexibility index (Phi) is 6.54. The van der Waals surface area contributed by atoms with Gasteiger partial charge in [0, 0.05) is 24.8 Å². The van der Waals surface area contributed by atoms with E-state index in [4.69, 9.17) is 0 Å². The van der Waals surface area contributed by atoms with E-state index in [2.05, 4.69) is 10.0 Å². The first-order valence-corrected chi connectivity index (χ1v) is 11.1. The van der Waals surface area contributed by atoms with Gasteiger partial charge in [0.2, 0.25) is 15.9 Å². The Hall–Kier alpha value is -2.45. The first kappa shape index (κ1) is 21.3. The van der Waals surface area contributed by atoms with E-state index in [0.29, 0.717) is 6.54 Å². The number of hydrogen-bond donors (Lipinski definition) is 2. The molecule has 2 aromatic rings. The largest absolute Gasteiger partial charge is 0.369 e. The lowest BCUT2D eigenvalue weighted by atomic mass is 10.0. The van der Waals surface area contributed by atoms with Crippen LogP contribution in [0.3, 0.4) is 0 Å². The molecule has 156 valence electrons. The monoisotopic (exact) mass is 419 g/mol. The van der Waals surface area contributed by atoms with Crippen molar-refractivity contribution >= 4 is 21.6 Å². The van der Waals surface area contributed by atoms with Crippen molar-refractivity contribution in [3.8, 4) is 0 Å². The van der Waals surface area contributed by atoms with Gasteiger partial charge in [0.15, 0.2) is 0 Å². The second-order valence-corrected chi connectivity index (χ2v) is 9.14. The molecular weight excluding hydrogens is 393 g/mol. The lowest BCUT2D eigenvalue weighted by molar-refractivity contribution is -0.123. The Bertz CT molecular complexity index is 963. The highest BCUT2D eigenvalue weighted by Gasteiger charge is 2.26. The molecule has 0 spiro atoms. The fraction of sp³-hybridized carbons (Fsp3) is 0.381. The molecule has 1 saturated heterocycles. The summed E-state index contributed by atoms with van der Waals surface area (Å²) in [6, 6.07) is 11.8. The van der Waals surface area contributed by atoms with Crippen LogP contribution in [0.1, 0.15) is 25.3 Å². The van der Waals surface area contributed by atoms with E-state index in [0.717, 1.165) is 30.6 Å². The van der Waals surface area contributed by atoms with E-state index in [1.165, 1.54) is 31.2 Å². The van der Waals surface area contributed by atoms with Gasteiger partial charge in [-0.15, -0.1) is 0 Å². The summed E-state index contributed by atoms with van der Waals surface area (Å²) >= 11 is 0. The van der Waals surface area contributed by atoms with Gasteiger partial charge in [-0.3, -0.25) is 4.79 Å². The fourth-order valence-electron chi connectivity index (χ4n) is 3.40. The SMILES string of the molecule is Cc1ccc(S(=O)(=O)N[C@@H](C)C(=O)NC2CCCN(c3cccc(F)c3)C2)cc1. The third-order valence-corrected chi connectivity index (χ3v) is 6.55. The number of aryl methyl sites for hydroxylation is 1. The van der Waals surface area contributed by atoms with Crippen molar-refractivity contribution in [1.29, 1.82) is 0 Å². The minimum absolute atomic E-state index is 0.123. The Morgan fingerprint density at radius 2 is 1.93 bits per heavy atom. The summed E-state index contributed by atoms with van der Waals surface area (Å²) in [5.74, 6) is -0.681. The van der Waals surface area contributed by atoms with Gasteiger partial charge in [0.1, 0.15) is 5.82 Å². The van der Waals surface area contributed by atoms with Crippen molar-refractivity contribution in [2.75, 3.05) is 18.0 Å². The first-order valence-electron chi connectivity index (χ1n) is 9.64. The number of benzene rings is 2. The molecule has 8 heteroatoms. The number of carbonyl (C=O) groups is 1. The number of nitrogens with zero attached hydrogens (tertiary/aromatic N) is 1. The zero-order valence-electron chi connectivity index (χ0n) is 16.6. The van der Waals surface area contributed by atoms with Crippen LogP contribution in [0.15, 0.2) is 53.4 Å². The Morgan fingerprint density at radius 1 is 1.21 bits per heavy atom.